The van der Waals surface area contributed by atoms with Gasteiger partial charge in [-0.2, -0.15) is 0 Å². The highest BCUT2D eigenvalue weighted by atomic mass is 32.1. The highest BCUT2D eigenvalue weighted by molar-refractivity contribution is 7.09. The summed E-state index contributed by atoms with van der Waals surface area (Å²) in [4.78, 5) is 17.7. The van der Waals surface area contributed by atoms with Gasteiger partial charge in [-0.25, -0.2) is 0 Å². The van der Waals surface area contributed by atoms with Crippen molar-refractivity contribution in [2.45, 2.75) is 38.8 Å². The van der Waals surface area contributed by atoms with Crippen molar-refractivity contribution >= 4 is 17.2 Å². The Kier molecular flexibility index (Phi) is 6.67. The maximum absolute atomic E-state index is 12.3. The minimum atomic E-state index is 0.209. The summed E-state index contributed by atoms with van der Waals surface area (Å²) < 4.78 is 0. The van der Waals surface area contributed by atoms with Crippen LogP contribution in [0.15, 0.2) is 17.5 Å². The molecule has 118 valence electrons. The standard InChI is InChI=1S/C16H27N3OS/c1-3-19(11-14-7-4-5-9-17-14)13-16(20)18(2)12-15-8-6-10-21-15/h6,8,10,14,17H,3-5,7,9,11-13H2,1-2H3. The van der Waals surface area contributed by atoms with E-state index in [0.29, 0.717) is 12.6 Å². The van der Waals surface area contributed by atoms with Gasteiger partial charge in [0.1, 0.15) is 0 Å². The third-order valence-electron chi connectivity index (χ3n) is 4.10. The monoisotopic (exact) mass is 309 g/mol. The Balaban J connectivity index is 1.78. The van der Waals surface area contributed by atoms with E-state index < -0.39 is 0 Å². The predicted molar refractivity (Wildman–Crippen MR) is 88.5 cm³/mol. The quantitative estimate of drug-likeness (QED) is 0.838. The van der Waals surface area contributed by atoms with Crippen LogP contribution >= 0.6 is 11.3 Å². The Morgan fingerprint density at radius 1 is 1.48 bits per heavy atom. The SMILES string of the molecule is CCN(CC(=O)N(C)Cc1cccs1)CC1CCCCN1. The number of carbonyl (C=O) groups excluding carboxylic acids is 1. The molecule has 1 unspecified atom stereocenters. The second-order valence-corrected chi connectivity index (χ2v) is 6.84. The Hall–Kier alpha value is -0.910. The van der Waals surface area contributed by atoms with Crippen LogP contribution in [-0.2, 0) is 11.3 Å². The van der Waals surface area contributed by atoms with Gasteiger partial charge in [-0.05, 0) is 37.4 Å². The molecular weight excluding hydrogens is 282 g/mol. The number of piperidine rings is 1. The largest absolute Gasteiger partial charge is 0.340 e. The summed E-state index contributed by atoms with van der Waals surface area (Å²) in [5.74, 6) is 0.209. The summed E-state index contributed by atoms with van der Waals surface area (Å²) in [5.41, 5.74) is 0. The zero-order valence-electron chi connectivity index (χ0n) is 13.2. The number of carbonyl (C=O) groups is 1. The number of thiophene rings is 1. The van der Waals surface area contributed by atoms with Gasteiger partial charge in [0.15, 0.2) is 0 Å². The van der Waals surface area contributed by atoms with Crippen molar-refractivity contribution in [3.63, 3.8) is 0 Å². The average molecular weight is 309 g/mol. The van der Waals surface area contributed by atoms with Crippen LogP contribution in [0.3, 0.4) is 0 Å². The van der Waals surface area contributed by atoms with E-state index in [1.165, 1.54) is 24.1 Å². The molecule has 0 aliphatic carbocycles. The van der Waals surface area contributed by atoms with E-state index in [2.05, 4.69) is 28.6 Å². The van der Waals surface area contributed by atoms with Crippen molar-refractivity contribution in [3.05, 3.63) is 22.4 Å². The summed E-state index contributed by atoms with van der Waals surface area (Å²) in [6.07, 6.45) is 3.82. The third kappa shape index (κ3) is 5.41. The van der Waals surface area contributed by atoms with Crippen molar-refractivity contribution in [1.29, 1.82) is 0 Å². The Labute approximate surface area is 132 Å². The second-order valence-electron chi connectivity index (χ2n) is 5.80. The molecule has 1 saturated heterocycles. The Morgan fingerprint density at radius 2 is 2.33 bits per heavy atom. The lowest BCUT2D eigenvalue weighted by atomic mass is 10.0. The molecular formula is C16H27N3OS. The fraction of sp³-hybridized carbons (Fsp3) is 0.688. The van der Waals surface area contributed by atoms with Gasteiger partial charge < -0.3 is 10.2 Å². The van der Waals surface area contributed by atoms with Gasteiger partial charge in [-0.3, -0.25) is 9.69 Å². The molecule has 2 rings (SSSR count). The summed E-state index contributed by atoms with van der Waals surface area (Å²) in [7, 11) is 1.90. The summed E-state index contributed by atoms with van der Waals surface area (Å²) >= 11 is 1.70. The Bertz CT molecular complexity index is 415. The van der Waals surface area contributed by atoms with Gasteiger partial charge in [0.25, 0.3) is 0 Å². The van der Waals surface area contributed by atoms with Gasteiger partial charge in [0.2, 0.25) is 5.91 Å². The normalized spacial score (nSPS) is 18.9. The third-order valence-corrected chi connectivity index (χ3v) is 4.96. The lowest BCUT2D eigenvalue weighted by Crippen LogP contribution is -2.46. The molecule has 1 atom stereocenters. The lowest BCUT2D eigenvalue weighted by Gasteiger charge is -2.30. The highest BCUT2D eigenvalue weighted by Gasteiger charge is 2.19. The molecule has 4 nitrogen and oxygen atoms in total. The van der Waals surface area contributed by atoms with Crippen molar-refractivity contribution in [3.8, 4) is 0 Å². The van der Waals surface area contributed by atoms with Crippen LogP contribution in [0.2, 0.25) is 0 Å². The molecule has 5 heteroatoms. The first kappa shape index (κ1) is 16.5. The second kappa shape index (κ2) is 8.51. The first-order valence-electron chi connectivity index (χ1n) is 7.91. The van der Waals surface area contributed by atoms with Gasteiger partial charge >= 0.3 is 0 Å². The number of amides is 1. The van der Waals surface area contributed by atoms with Crippen molar-refractivity contribution in [2.24, 2.45) is 0 Å². The molecule has 1 fully saturated rings. The molecule has 1 N–H and O–H groups in total. The molecule has 1 aliphatic heterocycles. The molecule has 0 saturated carbocycles. The van der Waals surface area contributed by atoms with Crippen LogP contribution in [-0.4, -0.2) is 55.0 Å². The maximum Gasteiger partial charge on any atom is 0.236 e. The van der Waals surface area contributed by atoms with E-state index in [1.807, 2.05) is 18.0 Å². The lowest BCUT2D eigenvalue weighted by molar-refractivity contribution is -0.131. The Morgan fingerprint density at radius 3 is 2.95 bits per heavy atom. The molecule has 1 aromatic heterocycles. The number of hydrogen-bond acceptors (Lipinski definition) is 4. The van der Waals surface area contributed by atoms with Crippen LogP contribution in [0.25, 0.3) is 0 Å². The zero-order valence-corrected chi connectivity index (χ0v) is 14.0. The minimum Gasteiger partial charge on any atom is -0.340 e. The molecule has 0 aromatic carbocycles. The molecule has 1 aliphatic rings. The fourth-order valence-electron chi connectivity index (χ4n) is 2.73. The van der Waals surface area contributed by atoms with Crippen molar-refractivity contribution in [2.75, 3.05) is 33.2 Å². The van der Waals surface area contributed by atoms with Crippen LogP contribution in [0.1, 0.15) is 31.1 Å². The number of likely N-dealkylation sites (N-methyl/N-ethyl adjacent to an activating group) is 2. The summed E-state index contributed by atoms with van der Waals surface area (Å²) in [5, 5.41) is 5.61. The molecule has 0 spiro atoms. The number of rotatable bonds is 7. The van der Waals surface area contributed by atoms with Gasteiger partial charge in [-0.15, -0.1) is 11.3 Å². The molecule has 0 radical (unpaired) electrons. The molecule has 2 heterocycles. The van der Waals surface area contributed by atoms with Crippen LogP contribution in [0.5, 0.6) is 0 Å². The van der Waals surface area contributed by atoms with Crippen LogP contribution < -0.4 is 5.32 Å². The topological polar surface area (TPSA) is 35.6 Å². The van der Waals surface area contributed by atoms with Crippen molar-refractivity contribution < 1.29 is 4.79 Å². The van der Waals surface area contributed by atoms with Crippen LogP contribution in [0, 0.1) is 0 Å². The minimum absolute atomic E-state index is 0.209. The van der Waals surface area contributed by atoms with Crippen molar-refractivity contribution in [1.82, 2.24) is 15.1 Å². The predicted octanol–water partition coefficient (Wildman–Crippen LogP) is 2.17. The smallest absolute Gasteiger partial charge is 0.236 e. The summed E-state index contributed by atoms with van der Waals surface area (Å²) in [6.45, 7) is 6.40. The highest BCUT2D eigenvalue weighted by Crippen LogP contribution is 2.12. The fourth-order valence-corrected chi connectivity index (χ4v) is 3.49. The summed E-state index contributed by atoms with van der Waals surface area (Å²) in [6, 6.07) is 4.66. The number of hydrogen-bond donors (Lipinski definition) is 1. The van der Waals surface area contributed by atoms with E-state index in [9.17, 15) is 4.79 Å². The van der Waals surface area contributed by atoms with E-state index in [0.717, 1.165) is 26.2 Å². The van der Waals surface area contributed by atoms with E-state index in [-0.39, 0.29) is 5.91 Å². The van der Waals surface area contributed by atoms with E-state index in [1.54, 1.807) is 11.3 Å². The molecule has 1 aromatic rings. The van der Waals surface area contributed by atoms with E-state index in [4.69, 9.17) is 0 Å². The number of nitrogens with one attached hydrogen (secondary N) is 1. The molecule has 0 bridgehead atoms. The van der Waals surface area contributed by atoms with Crippen LogP contribution in [0.4, 0.5) is 0 Å². The van der Waals surface area contributed by atoms with Gasteiger partial charge in [-0.1, -0.05) is 19.4 Å². The molecule has 21 heavy (non-hydrogen) atoms. The first-order chi connectivity index (χ1) is 10.2. The first-order valence-corrected chi connectivity index (χ1v) is 8.79. The van der Waals surface area contributed by atoms with E-state index >= 15 is 0 Å². The number of nitrogens with zero attached hydrogens (tertiary/aromatic N) is 2. The average Bonchev–Trinajstić information content (AvgIpc) is 3.00. The maximum atomic E-state index is 12.3. The zero-order chi connectivity index (χ0) is 15.1. The molecule has 1 amide bonds. The van der Waals surface area contributed by atoms with Gasteiger partial charge in [0.05, 0.1) is 13.1 Å². The van der Waals surface area contributed by atoms with Gasteiger partial charge in [0, 0.05) is 24.5 Å².